The topological polar surface area (TPSA) is 64.4 Å². The van der Waals surface area contributed by atoms with Crippen molar-refractivity contribution in [3.8, 4) is 5.75 Å². The first-order valence-electron chi connectivity index (χ1n) is 9.06. The first-order valence-corrected chi connectivity index (χ1v) is 11.4. The van der Waals surface area contributed by atoms with Gasteiger partial charge in [-0.05, 0) is 36.4 Å². The minimum atomic E-state index is -3.43. The lowest BCUT2D eigenvalue weighted by molar-refractivity contribution is 0.295. The van der Waals surface area contributed by atoms with Crippen LogP contribution in [-0.2, 0) is 16.6 Å². The second-order valence-electron chi connectivity index (χ2n) is 6.81. The van der Waals surface area contributed by atoms with E-state index in [0.717, 1.165) is 16.2 Å². The van der Waals surface area contributed by atoms with Crippen molar-refractivity contribution in [1.29, 1.82) is 0 Å². The normalized spacial score (nSPS) is 12.2. The van der Waals surface area contributed by atoms with Crippen molar-refractivity contribution in [2.24, 2.45) is 0 Å². The SMILES string of the molecule is CC(C)Sc1nc2ccccc2n1CCOc1ccc(S(=O)(=O)N(C)C)cc1. The van der Waals surface area contributed by atoms with Crippen molar-refractivity contribution in [2.45, 2.75) is 35.7 Å². The predicted octanol–water partition coefficient (Wildman–Crippen LogP) is 3.87. The number of hydrogen-bond donors (Lipinski definition) is 0. The number of rotatable bonds is 8. The summed E-state index contributed by atoms with van der Waals surface area (Å²) in [6, 6.07) is 14.6. The number of sulfonamides is 1. The third kappa shape index (κ3) is 4.51. The molecule has 0 unspecified atom stereocenters. The van der Waals surface area contributed by atoms with E-state index >= 15 is 0 Å². The van der Waals surface area contributed by atoms with Gasteiger partial charge in [-0.1, -0.05) is 37.7 Å². The summed E-state index contributed by atoms with van der Waals surface area (Å²) >= 11 is 1.73. The Balaban J connectivity index is 1.71. The summed E-state index contributed by atoms with van der Waals surface area (Å²) < 4.78 is 33.5. The van der Waals surface area contributed by atoms with E-state index < -0.39 is 10.0 Å². The maximum absolute atomic E-state index is 12.1. The summed E-state index contributed by atoms with van der Waals surface area (Å²) in [6.07, 6.45) is 0. The fourth-order valence-electron chi connectivity index (χ4n) is 2.74. The van der Waals surface area contributed by atoms with E-state index in [2.05, 4.69) is 24.5 Å². The van der Waals surface area contributed by atoms with E-state index in [-0.39, 0.29) is 4.90 Å². The number of nitrogens with zero attached hydrogens (tertiary/aromatic N) is 3. The smallest absolute Gasteiger partial charge is 0.242 e. The molecule has 0 aliphatic rings. The van der Waals surface area contributed by atoms with Crippen LogP contribution in [0.5, 0.6) is 5.75 Å². The average Bonchev–Trinajstić information content (AvgIpc) is 2.98. The third-order valence-corrected chi connectivity index (χ3v) is 6.97. The lowest BCUT2D eigenvalue weighted by Gasteiger charge is -2.13. The highest BCUT2D eigenvalue weighted by molar-refractivity contribution is 7.99. The molecule has 0 aliphatic heterocycles. The third-order valence-electron chi connectivity index (χ3n) is 4.15. The van der Waals surface area contributed by atoms with Crippen molar-refractivity contribution in [1.82, 2.24) is 13.9 Å². The molecule has 3 aromatic rings. The molecular formula is C20H25N3O3S2. The number of thioether (sulfide) groups is 1. The maximum atomic E-state index is 12.1. The van der Waals surface area contributed by atoms with Gasteiger partial charge in [-0.2, -0.15) is 0 Å². The number of para-hydroxylation sites is 2. The summed E-state index contributed by atoms with van der Waals surface area (Å²) in [5.74, 6) is 0.639. The van der Waals surface area contributed by atoms with Crippen molar-refractivity contribution in [3.05, 3.63) is 48.5 Å². The standard InChI is InChI=1S/C20H25N3O3S2/c1-15(2)27-20-21-18-7-5-6-8-19(18)23(20)13-14-26-16-9-11-17(12-10-16)28(24,25)22(3)4/h5-12,15H,13-14H2,1-4H3. The van der Waals surface area contributed by atoms with Crippen molar-refractivity contribution in [3.63, 3.8) is 0 Å². The molecule has 150 valence electrons. The first kappa shape index (κ1) is 20.7. The van der Waals surface area contributed by atoms with Crippen LogP contribution in [0.2, 0.25) is 0 Å². The molecule has 28 heavy (non-hydrogen) atoms. The van der Waals surface area contributed by atoms with Gasteiger partial charge >= 0.3 is 0 Å². The summed E-state index contributed by atoms with van der Waals surface area (Å²) in [7, 11) is -0.397. The van der Waals surface area contributed by atoms with Gasteiger partial charge in [0, 0.05) is 19.3 Å². The van der Waals surface area contributed by atoms with Gasteiger partial charge in [-0.15, -0.1) is 0 Å². The predicted molar refractivity (Wildman–Crippen MR) is 114 cm³/mol. The van der Waals surface area contributed by atoms with Gasteiger partial charge in [0.05, 0.1) is 22.5 Å². The summed E-state index contributed by atoms with van der Waals surface area (Å²) in [4.78, 5) is 4.98. The molecule has 0 fully saturated rings. The molecule has 1 aromatic heterocycles. The fourth-order valence-corrected chi connectivity index (χ4v) is 4.53. The Hall–Kier alpha value is -2.03. The number of fused-ring (bicyclic) bond motifs is 1. The van der Waals surface area contributed by atoms with Crippen LogP contribution in [0.25, 0.3) is 11.0 Å². The van der Waals surface area contributed by atoms with Gasteiger partial charge in [-0.25, -0.2) is 17.7 Å². The zero-order valence-electron chi connectivity index (χ0n) is 16.5. The van der Waals surface area contributed by atoms with Gasteiger partial charge in [0.25, 0.3) is 0 Å². The van der Waals surface area contributed by atoms with Gasteiger partial charge in [0.15, 0.2) is 5.16 Å². The molecule has 0 radical (unpaired) electrons. The molecule has 0 spiro atoms. The van der Waals surface area contributed by atoms with E-state index in [4.69, 9.17) is 9.72 Å². The number of ether oxygens (including phenoxy) is 1. The molecule has 6 nitrogen and oxygen atoms in total. The van der Waals surface area contributed by atoms with E-state index in [1.165, 1.54) is 18.4 Å². The average molecular weight is 420 g/mol. The molecule has 3 rings (SSSR count). The largest absolute Gasteiger partial charge is 0.492 e. The highest BCUT2D eigenvalue weighted by Crippen LogP contribution is 2.27. The van der Waals surface area contributed by atoms with Crippen LogP contribution in [0.3, 0.4) is 0 Å². The zero-order chi connectivity index (χ0) is 20.3. The monoisotopic (exact) mass is 419 g/mol. The molecule has 0 bridgehead atoms. The molecule has 1 heterocycles. The van der Waals surface area contributed by atoms with Crippen molar-refractivity contribution >= 4 is 32.8 Å². The van der Waals surface area contributed by atoms with Crippen molar-refractivity contribution in [2.75, 3.05) is 20.7 Å². The minimum Gasteiger partial charge on any atom is -0.492 e. The Labute approximate surface area is 170 Å². The molecule has 0 aliphatic carbocycles. The van der Waals surface area contributed by atoms with Crippen LogP contribution in [0.1, 0.15) is 13.8 Å². The summed E-state index contributed by atoms with van der Waals surface area (Å²) in [5.41, 5.74) is 2.06. The maximum Gasteiger partial charge on any atom is 0.242 e. The molecule has 0 atom stereocenters. The molecule has 0 N–H and O–H groups in total. The Morgan fingerprint density at radius 3 is 2.43 bits per heavy atom. The zero-order valence-corrected chi connectivity index (χ0v) is 18.1. The molecule has 0 saturated heterocycles. The minimum absolute atomic E-state index is 0.251. The van der Waals surface area contributed by atoms with E-state index in [9.17, 15) is 8.42 Å². The second-order valence-corrected chi connectivity index (χ2v) is 10.5. The number of aromatic nitrogens is 2. The fraction of sp³-hybridized carbons (Fsp3) is 0.350. The molecule has 2 aromatic carbocycles. The second kappa shape index (κ2) is 8.55. The summed E-state index contributed by atoms with van der Waals surface area (Å²) in [6.45, 7) is 5.42. The quantitative estimate of drug-likeness (QED) is 0.519. The van der Waals surface area contributed by atoms with E-state index in [1.54, 1.807) is 36.0 Å². The Morgan fingerprint density at radius 1 is 1.11 bits per heavy atom. The van der Waals surface area contributed by atoms with Crippen LogP contribution in [0, 0.1) is 0 Å². The molecule has 0 saturated carbocycles. The molecule has 0 amide bonds. The lowest BCUT2D eigenvalue weighted by atomic mass is 10.3. The van der Waals surface area contributed by atoms with Crippen LogP contribution in [-0.4, -0.2) is 48.2 Å². The van der Waals surface area contributed by atoms with E-state index in [1.807, 2.05) is 18.2 Å². The van der Waals surface area contributed by atoms with E-state index in [0.29, 0.717) is 24.2 Å². The number of imidazole rings is 1. The van der Waals surface area contributed by atoms with Gasteiger partial charge in [0.1, 0.15) is 12.4 Å². The van der Waals surface area contributed by atoms with Crippen LogP contribution in [0.15, 0.2) is 58.6 Å². The van der Waals surface area contributed by atoms with Crippen LogP contribution >= 0.6 is 11.8 Å². The Morgan fingerprint density at radius 2 is 1.79 bits per heavy atom. The first-order chi connectivity index (χ1) is 13.3. The summed E-state index contributed by atoms with van der Waals surface area (Å²) in [5, 5.41) is 1.41. The highest BCUT2D eigenvalue weighted by atomic mass is 32.2. The Kier molecular flexibility index (Phi) is 6.32. The molecular weight excluding hydrogens is 394 g/mol. The van der Waals surface area contributed by atoms with Gasteiger partial charge < -0.3 is 9.30 Å². The van der Waals surface area contributed by atoms with Crippen molar-refractivity contribution < 1.29 is 13.2 Å². The van der Waals surface area contributed by atoms with Gasteiger partial charge in [0.2, 0.25) is 10.0 Å². The van der Waals surface area contributed by atoms with Crippen LogP contribution in [0.4, 0.5) is 0 Å². The number of hydrogen-bond acceptors (Lipinski definition) is 5. The highest BCUT2D eigenvalue weighted by Gasteiger charge is 2.17. The van der Waals surface area contributed by atoms with Gasteiger partial charge in [-0.3, -0.25) is 0 Å². The number of benzene rings is 2. The lowest BCUT2D eigenvalue weighted by Crippen LogP contribution is -2.22. The Bertz CT molecular complexity index is 1040. The molecule has 8 heteroatoms. The van der Waals surface area contributed by atoms with Crippen LogP contribution < -0.4 is 4.74 Å².